The van der Waals surface area contributed by atoms with Gasteiger partial charge in [-0.2, -0.15) is 0 Å². The zero-order chi connectivity index (χ0) is 19.2. The van der Waals surface area contributed by atoms with E-state index in [0.717, 1.165) is 16.8 Å². The van der Waals surface area contributed by atoms with Gasteiger partial charge in [0.05, 0.1) is 25.6 Å². The molecule has 27 heavy (non-hydrogen) atoms. The van der Waals surface area contributed by atoms with E-state index in [9.17, 15) is 4.79 Å². The van der Waals surface area contributed by atoms with Gasteiger partial charge in [0.1, 0.15) is 0 Å². The van der Waals surface area contributed by atoms with Crippen molar-refractivity contribution in [2.45, 2.75) is 20.4 Å². The molecule has 0 saturated heterocycles. The Balaban J connectivity index is 1.66. The van der Waals surface area contributed by atoms with Crippen LogP contribution in [0.4, 0.5) is 0 Å². The smallest absolute Gasteiger partial charge is 0.273 e. The molecule has 0 radical (unpaired) electrons. The molecule has 0 fully saturated rings. The van der Waals surface area contributed by atoms with E-state index in [1.54, 1.807) is 18.0 Å². The van der Waals surface area contributed by atoms with Crippen molar-refractivity contribution in [2.24, 2.45) is 0 Å². The summed E-state index contributed by atoms with van der Waals surface area (Å²) in [5.74, 6) is 1.02. The fraction of sp³-hybridized carbons (Fsp3) is 0.250. The average molecular weight is 366 g/mol. The van der Waals surface area contributed by atoms with Crippen LogP contribution in [0.15, 0.2) is 48.7 Å². The number of benzene rings is 2. The van der Waals surface area contributed by atoms with Crippen LogP contribution in [0.5, 0.6) is 11.5 Å². The van der Waals surface area contributed by atoms with Gasteiger partial charge in [0.2, 0.25) is 0 Å². The van der Waals surface area contributed by atoms with E-state index >= 15 is 0 Å². The quantitative estimate of drug-likeness (QED) is 0.696. The van der Waals surface area contributed by atoms with Gasteiger partial charge in [-0.05, 0) is 43.7 Å². The molecule has 1 N–H and O–H groups in total. The normalized spacial score (nSPS) is 10.5. The second kappa shape index (κ2) is 8.35. The maximum absolute atomic E-state index is 12.4. The van der Waals surface area contributed by atoms with Crippen molar-refractivity contribution < 1.29 is 14.3 Å². The van der Waals surface area contributed by atoms with Gasteiger partial charge >= 0.3 is 0 Å². The number of amides is 1. The van der Waals surface area contributed by atoms with Crippen LogP contribution in [-0.2, 0) is 6.54 Å². The van der Waals surface area contributed by atoms with Crippen LogP contribution in [0.2, 0.25) is 0 Å². The highest BCUT2D eigenvalue weighted by Crippen LogP contribution is 2.28. The first kappa shape index (κ1) is 18.4. The summed E-state index contributed by atoms with van der Waals surface area (Å²) in [5.41, 5.74) is 3.17. The number of rotatable bonds is 7. The number of nitrogens with zero attached hydrogens (tertiary/aromatic N) is 3. The van der Waals surface area contributed by atoms with Crippen LogP contribution in [0, 0.1) is 6.92 Å². The highest BCUT2D eigenvalue weighted by molar-refractivity contribution is 5.91. The third-order valence-electron chi connectivity index (χ3n) is 4.01. The molecule has 140 valence electrons. The molecule has 0 bridgehead atoms. The molecule has 3 rings (SSSR count). The molecule has 7 nitrogen and oxygen atoms in total. The number of aryl methyl sites for hydroxylation is 1. The molecule has 2 aromatic carbocycles. The first-order chi connectivity index (χ1) is 13.1. The molecule has 1 heterocycles. The number of hydrogen-bond donors (Lipinski definition) is 1. The number of methoxy groups -OCH3 is 1. The van der Waals surface area contributed by atoms with Gasteiger partial charge < -0.3 is 14.8 Å². The SMILES string of the molecule is CCOc1cc(CNC(=O)c2cn(-c3ccc(C)cc3)nn2)ccc1OC. The fourth-order valence-corrected chi connectivity index (χ4v) is 2.56. The third kappa shape index (κ3) is 4.44. The number of aromatic nitrogens is 3. The van der Waals surface area contributed by atoms with Crippen molar-refractivity contribution in [2.75, 3.05) is 13.7 Å². The highest BCUT2D eigenvalue weighted by Gasteiger charge is 2.12. The Kier molecular flexibility index (Phi) is 5.71. The lowest BCUT2D eigenvalue weighted by atomic mass is 10.2. The van der Waals surface area contributed by atoms with Gasteiger partial charge in [0.15, 0.2) is 17.2 Å². The van der Waals surface area contributed by atoms with Gasteiger partial charge in [-0.3, -0.25) is 4.79 Å². The molecule has 1 amide bonds. The maximum atomic E-state index is 12.4. The average Bonchev–Trinajstić information content (AvgIpc) is 3.17. The van der Waals surface area contributed by atoms with Crippen molar-refractivity contribution in [3.63, 3.8) is 0 Å². The summed E-state index contributed by atoms with van der Waals surface area (Å²) < 4.78 is 12.4. The molecule has 0 aliphatic rings. The Morgan fingerprint density at radius 2 is 1.93 bits per heavy atom. The minimum absolute atomic E-state index is 0.258. The lowest BCUT2D eigenvalue weighted by molar-refractivity contribution is 0.0945. The molecular weight excluding hydrogens is 344 g/mol. The second-order valence-corrected chi connectivity index (χ2v) is 5.98. The Bertz CT molecular complexity index is 919. The lowest BCUT2D eigenvalue weighted by Gasteiger charge is -2.11. The van der Waals surface area contributed by atoms with Gasteiger partial charge in [-0.15, -0.1) is 5.10 Å². The minimum Gasteiger partial charge on any atom is -0.493 e. The summed E-state index contributed by atoms with van der Waals surface area (Å²) in [6.45, 7) is 4.81. The summed E-state index contributed by atoms with van der Waals surface area (Å²) in [6, 6.07) is 13.4. The summed E-state index contributed by atoms with van der Waals surface area (Å²) in [6.07, 6.45) is 1.61. The van der Waals surface area contributed by atoms with Crippen molar-refractivity contribution >= 4 is 5.91 Å². The van der Waals surface area contributed by atoms with Crippen LogP contribution < -0.4 is 14.8 Å². The molecule has 7 heteroatoms. The predicted molar refractivity (Wildman–Crippen MR) is 101 cm³/mol. The Morgan fingerprint density at radius 3 is 2.63 bits per heavy atom. The second-order valence-electron chi connectivity index (χ2n) is 5.98. The molecule has 1 aromatic heterocycles. The zero-order valence-electron chi connectivity index (χ0n) is 15.6. The molecule has 0 aliphatic heterocycles. The third-order valence-corrected chi connectivity index (χ3v) is 4.01. The summed E-state index contributed by atoms with van der Waals surface area (Å²) in [7, 11) is 1.59. The van der Waals surface area contributed by atoms with E-state index in [-0.39, 0.29) is 11.6 Å². The van der Waals surface area contributed by atoms with Crippen molar-refractivity contribution in [1.82, 2.24) is 20.3 Å². The topological polar surface area (TPSA) is 78.3 Å². The molecule has 0 atom stereocenters. The van der Waals surface area contributed by atoms with Crippen LogP contribution in [0.3, 0.4) is 0 Å². The summed E-state index contributed by atoms with van der Waals surface area (Å²) in [5, 5.41) is 10.8. The molecule has 0 spiro atoms. The van der Waals surface area contributed by atoms with E-state index in [2.05, 4.69) is 15.6 Å². The highest BCUT2D eigenvalue weighted by atomic mass is 16.5. The Labute approximate surface area is 157 Å². The van der Waals surface area contributed by atoms with E-state index in [0.29, 0.717) is 24.7 Å². The first-order valence-corrected chi connectivity index (χ1v) is 8.68. The number of nitrogens with one attached hydrogen (secondary N) is 1. The maximum Gasteiger partial charge on any atom is 0.273 e. The van der Waals surface area contributed by atoms with Gasteiger partial charge in [0, 0.05) is 6.54 Å². The first-order valence-electron chi connectivity index (χ1n) is 8.68. The molecule has 0 unspecified atom stereocenters. The number of ether oxygens (including phenoxy) is 2. The summed E-state index contributed by atoms with van der Waals surface area (Å²) in [4.78, 5) is 12.4. The molecule has 0 saturated carbocycles. The lowest BCUT2D eigenvalue weighted by Crippen LogP contribution is -2.23. The molecule has 0 aliphatic carbocycles. The van der Waals surface area contributed by atoms with E-state index in [1.807, 2.05) is 56.3 Å². The number of carbonyl (C=O) groups is 1. The van der Waals surface area contributed by atoms with Gasteiger partial charge in [0.25, 0.3) is 5.91 Å². The van der Waals surface area contributed by atoms with Crippen LogP contribution in [0.25, 0.3) is 5.69 Å². The number of carbonyl (C=O) groups excluding carboxylic acids is 1. The zero-order valence-corrected chi connectivity index (χ0v) is 15.6. The van der Waals surface area contributed by atoms with Gasteiger partial charge in [-0.1, -0.05) is 29.0 Å². The van der Waals surface area contributed by atoms with E-state index in [1.165, 1.54) is 0 Å². The van der Waals surface area contributed by atoms with Crippen LogP contribution in [0.1, 0.15) is 28.5 Å². The van der Waals surface area contributed by atoms with Gasteiger partial charge in [-0.25, -0.2) is 4.68 Å². The molecule has 3 aromatic rings. The number of hydrogen-bond acceptors (Lipinski definition) is 5. The Hall–Kier alpha value is -3.35. The van der Waals surface area contributed by atoms with Crippen molar-refractivity contribution in [3.05, 3.63) is 65.5 Å². The largest absolute Gasteiger partial charge is 0.493 e. The van der Waals surface area contributed by atoms with E-state index in [4.69, 9.17) is 9.47 Å². The fourth-order valence-electron chi connectivity index (χ4n) is 2.56. The van der Waals surface area contributed by atoms with Crippen molar-refractivity contribution in [3.8, 4) is 17.2 Å². The minimum atomic E-state index is -0.290. The molecular formula is C20H22N4O3. The van der Waals surface area contributed by atoms with Crippen LogP contribution >= 0.6 is 0 Å². The predicted octanol–water partition coefficient (Wildman–Crippen LogP) is 2.91. The van der Waals surface area contributed by atoms with Crippen LogP contribution in [-0.4, -0.2) is 34.6 Å². The standard InChI is InChI=1S/C20H22N4O3/c1-4-27-19-11-15(7-10-18(19)26-3)12-21-20(25)17-13-24(23-22-17)16-8-5-14(2)6-9-16/h5-11,13H,4,12H2,1-3H3,(H,21,25). The summed E-state index contributed by atoms with van der Waals surface area (Å²) >= 11 is 0. The Morgan fingerprint density at radius 1 is 1.15 bits per heavy atom. The van der Waals surface area contributed by atoms with Crippen molar-refractivity contribution in [1.29, 1.82) is 0 Å². The van der Waals surface area contributed by atoms with E-state index < -0.39 is 0 Å². The monoisotopic (exact) mass is 366 g/mol.